The van der Waals surface area contributed by atoms with Gasteiger partial charge in [0, 0.05) is 27.4 Å². The Kier molecular flexibility index (Phi) is 9.47. The van der Waals surface area contributed by atoms with Crippen molar-refractivity contribution in [2.24, 2.45) is 0 Å². The van der Waals surface area contributed by atoms with Crippen LogP contribution in [0.1, 0.15) is 12.8 Å². The van der Waals surface area contributed by atoms with E-state index in [1.165, 1.54) is 21.3 Å². The molecule has 7 nitrogen and oxygen atoms in total. The first-order valence-electron chi connectivity index (χ1n) is 5.47. The summed E-state index contributed by atoms with van der Waals surface area (Å²) in [5.41, 5.74) is 0. The predicted molar refractivity (Wildman–Crippen MR) is 63.8 cm³/mol. The molecule has 0 aliphatic carbocycles. The molecular weight excluding hydrogens is 260 g/mol. The van der Waals surface area contributed by atoms with Crippen LogP contribution in [-0.2, 0) is 32.3 Å². The van der Waals surface area contributed by atoms with Crippen LogP contribution in [0.3, 0.4) is 0 Å². The third-order valence-corrected chi connectivity index (χ3v) is 5.37. The van der Waals surface area contributed by atoms with Gasteiger partial charge in [0.15, 0.2) is 0 Å². The lowest BCUT2D eigenvalue weighted by atomic mass is 10.2. The summed E-state index contributed by atoms with van der Waals surface area (Å²) in [6, 6.07) is 0.594. The Hall–Kier alpha value is -0.963. The number of hydrogen-bond donors (Lipinski definition) is 0. The summed E-state index contributed by atoms with van der Waals surface area (Å²) in [7, 11) is 2.01. The van der Waals surface area contributed by atoms with E-state index in [4.69, 9.17) is 18.0 Å². The van der Waals surface area contributed by atoms with Crippen molar-refractivity contribution in [2.75, 3.05) is 27.9 Å². The molecule has 0 N–H and O–H groups in total. The van der Waals surface area contributed by atoms with E-state index in [1.807, 2.05) is 0 Å². The minimum Gasteiger partial charge on any atom is -0.464 e. The van der Waals surface area contributed by atoms with Crippen molar-refractivity contribution < 1.29 is 32.3 Å². The standard InChI is InChI=1S/C10H20O7Si/c1-13-18(14-2,15-3)6-4-5-10(17-9-12)7-16-8-11/h8-10H,4-7H2,1-3H3. The summed E-state index contributed by atoms with van der Waals surface area (Å²) in [5.74, 6) is 0. The highest BCUT2D eigenvalue weighted by Gasteiger charge is 2.37. The quantitative estimate of drug-likeness (QED) is 0.377. The van der Waals surface area contributed by atoms with Gasteiger partial charge in [-0.05, 0) is 12.8 Å². The maximum absolute atomic E-state index is 10.3. The zero-order valence-electron chi connectivity index (χ0n) is 10.9. The highest BCUT2D eigenvalue weighted by Crippen LogP contribution is 2.17. The molecule has 0 aromatic rings. The first-order chi connectivity index (χ1) is 8.67. The van der Waals surface area contributed by atoms with E-state index in [-0.39, 0.29) is 6.61 Å². The summed E-state index contributed by atoms with van der Waals surface area (Å²) in [4.78, 5) is 20.3. The van der Waals surface area contributed by atoms with Crippen LogP contribution in [0, 0.1) is 0 Å². The van der Waals surface area contributed by atoms with E-state index in [1.54, 1.807) is 0 Å². The second-order valence-corrected chi connectivity index (χ2v) is 6.56. The van der Waals surface area contributed by atoms with Gasteiger partial charge in [-0.15, -0.1) is 0 Å². The van der Waals surface area contributed by atoms with Gasteiger partial charge in [-0.25, -0.2) is 0 Å². The molecular formula is C10H20O7Si. The second kappa shape index (κ2) is 10.0. The highest BCUT2D eigenvalue weighted by molar-refractivity contribution is 6.60. The molecule has 1 unspecified atom stereocenters. The Balaban J connectivity index is 4.09. The van der Waals surface area contributed by atoms with Crippen LogP contribution >= 0.6 is 0 Å². The molecule has 0 aromatic carbocycles. The van der Waals surface area contributed by atoms with Gasteiger partial charge in [-0.2, -0.15) is 0 Å². The van der Waals surface area contributed by atoms with Crippen molar-refractivity contribution in [3.05, 3.63) is 0 Å². The van der Waals surface area contributed by atoms with Crippen molar-refractivity contribution in [3.8, 4) is 0 Å². The van der Waals surface area contributed by atoms with Crippen LogP contribution in [0.25, 0.3) is 0 Å². The van der Waals surface area contributed by atoms with Crippen molar-refractivity contribution in [2.45, 2.75) is 25.0 Å². The Bertz CT molecular complexity index is 224. The lowest BCUT2D eigenvalue weighted by Gasteiger charge is -2.24. The largest absolute Gasteiger partial charge is 0.500 e. The van der Waals surface area contributed by atoms with Crippen LogP contribution in [0.2, 0.25) is 6.04 Å². The first-order valence-corrected chi connectivity index (χ1v) is 7.41. The second-order valence-electron chi connectivity index (χ2n) is 3.47. The van der Waals surface area contributed by atoms with Crippen LogP contribution in [0.4, 0.5) is 0 Å². The lowest BCUT2D eigenvalue weighted by molar-refractivity contribution is -0.142. The van der Waals surface area contributed by atoms with Crippen LogP contribution in [0.15, 0.2) is 0 Å². The minimum atomic E-state index is -2.59. The summed E-state index contributed by atoms with van der Waals surface area (Å²) in [6.07, 6.45) is 0.754. The summed E-state index contributed by atoms with van der Waals surface area (Å²) < 4.78 is 25.1. The van der Waals surface area contributed by atoms with Gasteiger partial charge in [0.1, 0.15) is 12.7 Å². The molecule has 0 aliphatic heterocycles. The molecule has 0 aliphatic rings. The van der Waals surface area contributed by atoms with Crippen LogP contribution < -0.4 is 0 Å². The van der Waals surface area contributed by atoms with Gasteiger partial charge < -0.3 is 22.8 Å². The third-order valence-electron chi connectivity index (χ3n) is 2.54. The Labute approximate surface area is 108 Å². The van der Waals surface area contributed by atoms with Gasteiger partial charge in [0.05, 0.1) is 0 Å². The number of carbonyl (C=O) groups excluding carboxylic acids is 2. The number of rotatable bonds is 12. The van der Waals surface area contributed by atoms with Gasteiger partial charge in [0.2, 0.25) is 0 Å². The number of ether oxygens (including phenoxy) is 2. The molecule has 0 heterocycles. The van der Waals surface area contributed by atoms with Crippen LogP contribution in [0.5, 0.6) is 0 Å². The molecule has 0 spiro atoms. The first kappa shape index (κ1) is 17.0. The highest BCUT2D eigenvalue weighted by atomic mass is 28.4. The van der Waals surface area contributed by atoms with Crippen molar-refractivity contribution in [1.82, 2.24) is 0 Å². The summed E-state index contributed by atoms with van der Waals surface area (Å²) in [6.45, 7) is 0.704. The van der Waals surface area contributed by atoms with E-state index < -0.39 is 14.9 Å². The predicted octanol–water partition coefficient (Wildman–Crippen LogP) is 0.359. The summed E-state index contributed by atoms with van der Waals surface area (Å²) >= 11 is 0. The molecule has 0 aromatic heterocycles. The zero-order chi connectivity index (χ0) is 13.9. The Morgan fingerprint density at radius 2 is 1.67 bits per heavy atom. The molecule has 0 saturated carbocycles. The number of hydrogen-bond acceptors (Lipinski definition) is 7. The molecule has 0 bridgehead atoms. The third kappa shape index (κ3) is 6.10. The fourth-order valence-electron chi connectivity index (χ4n) is 1.52. The number of carbonyl (C=O) groups is 2. The maximum atomic E-state index is 10.3. The summed E-state index contributed by atoms with van der Waals surface area (Å²) in [5, 5.41) is 0. The zero-order valence-corrected chi connectivity index (χ0v) is 11.9. The molecule has 18 heavy (non-hydrogen) atoms. The molecule has 0 amide bonds. The van der Waals surface area contributed by atoms with Gasteiger partial charge >= 0.3 is 8.80 Å². The molecule has 1 atom stereocenters. The average molecular weight is 280 g/mol. The van der Waals surface area contributed by atoms with E-state index in [0.29, 0.717) is 31.8 Å². The molecule has 0 rings (SSSR count). The molecule has 106 valence electrons. The molecule has 0 fully saturated rings. The fraction of sp³-hybridized carbons (Fsp3) is 0.800. The van der Waals surface area contributed by atoms with E-state index >= 15 is 0 Å². The molecule has 0 radical (unpaired) electrons. The van der Waals surface area contributed by atoms with Gasteiger partial charge in [0.25, 0.3) is 12.9 Å². The van der Waals surface area contributed by atoms with E-state index in [9.17, 15) is 9.59 Å². The molecule has 8 heteroatoms. The minimum absolute atomic E-state index is 0.0454. The van der Waals surface area contributed by atoms with Crippen molar-refractivity contribution in [3.63, 3.8) is 0 Å². The smallest absolute Gasteiger partial charge is 0.464 e. The van der Waals surface area contributed by atoms with Crippen LogP contribution in [-0.4, -0.2) is 55.8 Å². The van der Waals surface area contributed by atoms with Gasteiger partial charge in [-0.3, -0.25) is 9.59 Å². The average Bonchev–Trinajstić information content (AvgIpc) is 2.41. The van der Waals surface area contributed by atoms with E-state index in [0.717, 1.165) is 0 Å². The topological polar surface area (TPSA) is 80.3 Å². The lowest BCUT2D eigenvalue weighted by Crippen LogP contribution is -2.42. The monoisotopic (exact) mass is 280 g/mol. The Morgan fingerprint density at radius 3 is 2.11 bits per heavy atom. The normalized spacial score (nSPS) is 12.8. The fourth-order valence-corrected chi connectivity index (χ4v) is 3.27. The van der Waals surface area contributed by atoms with Gasteiger partial charge in [-0.1, -0.05) is 0 Å². The van der Waals surface area contributed by atoms with Crippen molar-refractivity contribution in [1.29, 1.82) is 0 Å². The van der Waals surface area contributed by atoms with E-state index in [2.05, 4.69) is 4.74 Å². The molecule has 0 saturated heterocycles. The Morgan fingerprint density at radius 1 is 1.06 bits per heavy atom. The maximum Gasteiger partial charge on any atom is 0.500 e. The SMILES string of the molecule is CO[Si](CCCC(COC=O)OC=O)(OC)OC. The van der Waals surface area contributed by atoms with Crippen molar-refractivity contribution >= 4 is 21.7 Å².